The number of thiophene rings is 1. The third kappa shape index (κ3) is 3.81. The highest BCUT2D eigenvalue weighted by Crippen LogP contribution is 2.20. The first-order valence-corrected chi connectivity index (χ1v) is 9.64. The molecule has 132 valence electrons. The number of rotatable bonds is 4. The van der Waals surface area contributed by atoms with Gasteiger partial charge in [0.25, 0.3) is 5.91 Å². The van der Waals surface area contributed by atoms with Crippen LogP contribution in [0.15, 0.2) is 59.6 Å². The Morgan fingerprint density at radius 2 is 1.92 bits per heavy atom. The first-order chi connectivity index (χ1) is 12.8. The summed E-state index contributed by atoms with van der Waals surface area (Å²) in [6, 6.07) is 11.8. The molecular weight excluding hydrogens is 344 g/mol. The predicted molar refractivity (Wildman–Crippen MR) is 103 cm³/mol. The molecule has 1 amide bonds. The topological polar surface area (TPSA) is 49.3 Å². The summed E-state index contributed by atoms with van der Waals surface area (Å²) in [7, 11) is 0. The molecule has 0 aliphatic carbocycles. The largest absolute Gasteiger partial charge is 0.335 e. The summed E-state index contributed by atoms with van der Waals surface area (Å²) in [4.78, 5) is 25.4. The highest BCUT2D eigenvalue weighted by atomic mass is 32.1. The summed E-state index contributed by atoms with van der Waals surface area (Å²) < 4.78 is 0. The molecule has 0 saturated carbocycles. The molecule has 0 spiro atoms. The van der Waals surface area contributed by atoms with Gasteiger partial charge in [-0.3, -0.25) is 19.7 Å². The fourth-order valence-corrected chi connectivity index (χ4v) is 3.77. The van der Waals surface area contributed by atoms with E-state index < -0.39 is 0 Å². The van der Waals surface area contributed by atoms with Crippen LogP contribution in [0.5, 0.6) is 0 Å². The molecule has 1 aliphatic rings. The Kier molecular flexibility index (Phi) is 5.04. The molecule has 0 atom stereocenters. The van der Waals surface area contributed by atoms with Gasteiger partial charge in [-0.25, -0.2) is 0 Å². The number of aromatic nitrogens is 2. The third-order valence-corrected chi connectivity index (χ3v) is 5.27. The summed E-state index contributed by atoms with van der Waals surface area (Å²) in [5, 5.41) is 4.18. The minimum Gasteiger partial charge on any atom is -0.335 e. The Morgan fingerprint density at radius 3 is 2.58 bits per heavy atom. The van der Waals surface area contributed by atoms with E-state index in [1.807, 2.05) is 23.2 Å². The van der Waals surface area contributed by atoms with Gasteiger partial charge in [0.05, 0.1) is 5.69 Å². The quantitative estimate of drug-likeness (QED) is 0.714. The molecule has 0 unspecified atom stereocenters. The summed E-state index contributed by atoms with van der Waals surface area (Å²) in [6.45, 7) is 4.06. The molecular formula is C20H20N4OS. The van der Waals surface area contributed by atoms with Gasteiger partial charge in [0.2, 0.25) is 0 Å². The lowest BCUT2D eigenvalue weighted by molar-refractivity contribution is 0.0622. The lowest BCUT2D eigenvalue weighted by Crippen LogP contribution is -2.48. The summed E-state index contributed by atoms with van der Waals surface area (Å²) >= 11 is 1.68. The van der Waals surface area contributed by atoms with Gasteiger partial charge in [0.15, 0.2) is 0 Å². The van der Waals surface area contributed by atoms with Crippen LogP contribution in [0.4, 0.5) is 0 Å². The number of carbonyl (C=O) groups is 1. The normalized spacial score (nSPS) is 15.2. The van der Waals surface area contributed by atoms with Crippen LogP contribution in [0.25, 0.3) is 11.3 Å². The summed E-state index contributed by atoms with van der Waals surface area (Å²) in [6.07, 6.45) is 3.62. The molecule has 3 aromatic heterocycles. The van der Waals surface area contributed by atoms with Crippen molar-refractivity contribution in [3.05, 3.63) is 70.8 Å². The molecule has 0 bridgehead atoms. The van der Waals surface area contributed by atoms with E-state index in [0.29, 0.717) is 5.69 Å². The molecule has 0 radical (unpaired) electrons. The zero-order chi connectivity index (χ0) is 17.8. The van der Waals surface area contributed by atoms with E-state index in [9.17, 15) is 4.79 Å². The SMILES string of the molecule is O=C(c1ccccn1)N1CCN(Cc2ccc(-c3ccsc3)nc2)CC1. The van der Waals surface area contributed by atoms with Crippen LogP contribution in [0, 0.1) is 0 Å². The number of piperazine rings is 1. The van der Waals surface area contributed by atoms with E-state index in [0.717, 1.165) is 38.4 Å². The van der Waals surface area contributed by atoms with E-state index in [-0.39, 0.29) is 5.91 Å². The van der Waals surface area contributed by atoms with Crippen molar-refractivity contribution in [3.63, 3.8) is 0 Å². The molecule has 1 saturated heterocycles. The second-order valence-corrected chi connectivity index (χ2v) is 7.13. The first kappa shape index (κ1) is 16.9. The van der Waals surface area contributed by atoms with E-state index in [1.165, 1.54) is 11.1 Å². The van der Waals surface area contributed by atoms with Gasteiger partial charge in [-0.05, 0) is 35.2 Å². The van der Waals surface area contributed by atoms with Crippen LogP contribution in [-0.4, -0.2) is 51.9 Å². The maximum Gasteiger partial charge on any atom is 0.272 e. The second kappa shape index (κ2) is 7.76. The van der Waals surface area contributed by atoms with Crippen molar-refractivity contribution in [2.24, 2.45) is 0 Å². The molecule has 0 aromatic carbocycles. The Balaban J connectivity index is 1.32. The fourth-order valence-electron chi connectivity index (χ4n) is 3.12. The highest BCUT2D eigenvalue weighted by molar-refractivity contribution is 7.08. The van der Waals surface area contributed by atoms with Crippen LogP contribution in [0.2, 0.25) is 0 Å². The van der Waals surface area contributed by atoms with Gasteiger partial charge in [-0.15, -0.1) is 0 Å². The second-order valence-electron chi connectivity index (χ2n) is 6.35. The monoisotopic (exact) mass is 364 g/mol. The van der Waals surface area contributed by atoms with Gasteiger partial charge in [0, 0.05) is 56.1 Å². The van der Waals surface area contributed by atoms with Gasteiger partial charge in [0.1, 0.15) is 5.69 Å². The third-order valence-electron chi connectivity index (χ3n) is 4.59. The van der Waals surface area contributed by atoms with Crippen molar-refractivity contribution in [2.45, 2.75) is 6.54 Å². The van der Waals surface area contributed by atoms with Crippen LogP contribution < -0.4 is 0 Å². The lowest BCUT2D eigenvalue weighted by Gasteiger charge is -2.34. The van der Waals surface area contributed by atoms with Gasteiger partial charge >= 0.3 is 0 Å². The van der Waals surface area contributed by atoms with Crippen molar-refractivity contribution in [1.29, 1.82) is 0 Å². The molecule has 5 nitrogen and oxygen atoms in total. The van der Waals surface area contributed by atoms with Crippen molar-refractivity contribution < 1.29 is 4.79 Å². The Morgan fingerprint density at radius 1 is 1.04 bits per heavy atom. The smallest absolute Gasteiger partial charge is 0.272 e. The fraction of sp³-hybridized carbons (Fsp3) is 0.250. The number of carbonyl (C=O) groups excluding carboxylic acids is 1. The maximum atomic E-state index is 12.5. The van der Waals surface area contributed by atoms with E-state index in [1.54, 1.807) is 23.6 Å². The van der Waals surface area contributed by atoms with Gasteiger partial charge in [-0.2, -0.15) is 11.3 Å². The molecule has 1 fully saturated rings. The molecule has 4 heterocycles. The average Bonchev–Trinajstić information content (AvgIpc) is 3.24. The molecule has 0 N–H and O–H groups in total. The highest BCUT2D eigenvalue weighted by Gasteiger charge is 2.22. The van der Waals surface area contributed by atoms with Crippen LogP contribution in [-0.2, 0) is 6.54 Å². The molecule has 4 rings (SSSR count). The number of amides is 1. The molecule has 26 heavy (non-hydrogen) atoms. The first-order valence-electron chi connectivity index (χ1n) is 8.70. The number of hydrogen-bond acceptors (Lipinski definition) is 5. The van der Waals surface area contributed by atoms with Crippen LogP contribution in [0.3, 0.4) is 0 Å². The number of pyridine rings is 2. The van der Waals surface area contributed by atoms with E-state index in [2.05, 4.69) is 43.8 Å². The van der Waals surface area contributed by atoms with Crippen LogP contribution >= 0.6 is 11.3 Å². The number of nitrogens with zero attached hydrogens (tertiary/aromatic N) is 4. The minimum atomic E-state index is 0.0204. The Hall–Kier alpha value is -2.57. The number of hydrogen-bond donors (Lipinski definition) is 0. The molecule has 3 aromatic rings. The summed E-state index contributed by atoms with van der Waals surface area (Å²) in [5.41, 5.74) is 3.91. The Labute approximate surface area is 156 Å². The Bertz CT molecular complexity index is 841. The van der Waals surface area contributed by atoms with Crippen LogP contribution in [0.1, 0.15) is 16.1 Å². The van der Waals surface area contributed by atoms with Crippen molar-refractivity contribution in [3.8, 4) is 11.3 Å². The summed E-state index contributed by atoms with van der Waals surface area (Å²) in [5.74, 6) is 0.0204. The van der Waals surface area contributed by atoms with Gasteiger partial charge < -0.3 is 4.90 Å². The maximum absolute atomic E-state index is 12.5. The zero-order valence-electron chi connectivity index (χ0n) is 14.4. The minimum absolute atomic E-state index is 0.0204. The van der Waals surface area contributed by atoms with Gasteiger partial charge in [-0.1, -0.05) is 12.1 Å². The molecule has 6 heteroatoms. The predicted octanol–water partition coefficient (Wildman–Crippen LogP) is 3.16. The van der Waals surface area contributed by atoms with Crippen molar-refractivity contribution in [2.75, 3.05) is 26.2 Å². The van der Waals surface area contributed by atoms with E-state index >= 15 is 0 Å². The van der Waals surface area contributed by atoms with E-state index in [4.69, 9.17) is 0 Å². The van der Waals surface area contributed by atoms with Crippen molar-refractivity contribution >= 4 is 17.2 Å². The van der Waals surface area contributed by atoms with Crippen molar-refractivity contribution in [1.82, 2.24) is 19.8 Å². The zero-order valence-corrected chi connectivity index (χ0v) is 15.2. The standard InChI is InChI=1S/C20H20N4OS/c25-20(19-3-1-2-7-21-19)24-10-8-23(9-11-24)14-16-4-5-18(22-13-16)17-6-12-26-15-17/h1-7,12-13,15H,8-11,14H2. The lowest BCUT2D eigenvalue weighted by atomic mass is 10.1. The average molecular weight is 364 g/mol. The molecule has 1 aliphatic heterocycles.